The minimum Gasteiger partial charge on any atom is -0.490 e. The van der Waals surface area contributed by atoms with Crippen molar-refractivity contribution in [1.29, 1.82) is 5.26 Å². The van der Waals surface area contributed by atoms with E-state index in [0.29, 0.717) is 41.7 Å². The van der Waals surface area contributed by atoms with Crippen LogP contribution in [0.1, 0.15) is 12.0 Å². The van der Waals surface area contributed by atoms with Crippen molar-refractivity contribution >= 4 is 11.6 Å². The van der Waals surface area contributed by atoms with Crippen LogP contribution in [-0.4, -0.2) is 28.9 Å². The van der Waals surface area contributed by atoms with Crippen molar-refractivity contribution in [2.24, 2.45) is 0 Å². The second kappa shape index (κ2) is 8.49. The average Bonchev–Trinajstić information content (AvgIpc) is 3.00. The Kier molecular flexibility index (Phi) is 5.44. The van der Waals surface area contributed by atoms with Gasteiger partial charge in [0.05, 0.1) is 30.5 Å². The number of amides is 1. The fourth-order valence-electron chi connectivity index (χ4n) is 3.00. The highest BCUT2D eigenvalue weighted by Gasteiger charge is 2.13. The van der Waals surface area contributed by atoms with Crippen LogP contribution in [0.15, 0.2) is 59.4 Å². The van der Waals surface area contributed by atoms with Gasteiger partial charge in [0.15, 0.2) is 11.5 Å². The Morgan fingerprint density at radius 1 is 1.07 bits per heavy atom. The molecule has 8 nitrogen and oxygen atoms in total. The average molecular weight is 402 g/mol. The zero-order valence-electron chi connectivity index (χ0n) is 16.0. The molecule has 3 aromatic rings. The summed E-state index contributed by atoms with van der Waals surface area (Å²) < 4.78 is 12.4. The van der Waals surface area contributed by atoms with Crippen molar-refractivity contribution in [3.63, 3.8) is 0 Å². The van der Waals surface area contributed by atoms with Crippen LogP contribution in [0.4, 0.5) is 5.69 Å². The standard InChI is InChI=1S/C22H18N4O4/c23-13-15-2-5-17(6-3-15)24-21(27)14-26-22(28)9-7-18(25-26)16-4-8-19-20(12-16)30-11-1-10-29-19/h2-9,12H,1,10-11,14H2,(H,24,27). The maximum atomic E-state index is 12.4. The van der Waals surface area contributed by atoms with Gasteiger partial charge < -0.3 is 14.8 Å². The summed E-state index contributed by atoms with van der Waals surface area (Å²) in [7, 11) is 0. The lowest BCUT2D eigenvalue weighted by Crippen LogP contribution is -2.29. The Bertz CT molecular complexity index is 1180. The zero-order chi connectivity index (χ0) is 20.9. The molecule has 8 heteroatoms. The maximum Gasteiger partial charge on any atom is 0.267 e. The van der Waals surface area contributed by atoms with E-state index >= 15 is 0 Å². The van der Waals surface area contributed by atoms with Crippen molar-refractivity contribution in [2.75, 3.05) is 18.5 Å². The third kappa shape index (κ3) is 4.31. The molecular formula is C22H18N4O4. The smallest absolute Gasteiger partial charge is 0.267 e. The van der Waals surface area contributed by atoms with Crippen LogP contribution < -0.4 is 20.3 Å². The summed E-state index contributed by atoms with van der Waals surface area (Å²) in [6, 6.07) is 16.9. The van der Waals surface area contributed by atoms with Gasteiger partial charge in [-0.3, -0.25) is 9.59 Å². The van der Waals surface area contributed by atoms with E-state index in [4.69, 9.17) is 14.7 Å². The van der Waals surface area contributed by atoms with E-state index in [2.05, 4.69) is 10.4 Å². The third-order valence-electron chi connectivity index (χ3n) is 4.50. The van der Waals surface area contributed by atoms with E-state index in [9.17, 15) is 9.59 Å². The molecule has 2 aromatic carbocycles. The van der Waals surface area contributed by atoms with E-state index in [-0.39, 0.29) is 12.1 Å². The number of ether oxygens (including phenoxy) is 2. The minimum atomic E-state index is -0.398. The van der Waals surface area contributed by atoms with E-state index in [0.717, 1.165) is 16.7 Å². The summed E-state index contributed by atoms with van der Waals surface area (Å²) in [6.45, 7) is 0.931. The minimum absolute atomic E-state index is 0.239. The van der Waals surface area contributed by atoms with Crippen LogP contribution in [0.2, 0.25) is 0 Å². The molecule has 150 valence electrons. The number of anilines is 1. The van der Waals surface area contributed by atoms with Crippen LogP contribution in [0.25, 0.3) is 11.3 Å². The maximum absolute atomic E-state index is 12.4. The van der Waals surface area contributed by atoms with Gasteiger partial charge in [-0.25, -0.2) is 4.68 Å². The molecule has 1 aliphatic heterocycles. The Morgan fingerprint density at radius 2 is 1.83 bits per heavy atom. The van der Waals surface area contributed by atoms with Crippen LogP contribution in [0.5, 0.6) is 11.5 Å². The van der Waals surface area contributed by atoms with E-state index in [1.54, 1.807) is 30.3 Å². The number of carbonyl (C=O) groups excluding carboxylic acids is 1. The first-order chi connectivity index (χ1) is 14.6. The van der Waals surface area contributed by atoms with Gasteiger partial charge in [0, 0.05) is 23.7 Å². The molecular weight excluding hydrogens is 384 g/mol. The molecule has 0 spiro atoms. The Balaban J connectivity index is 1.53. The molecule has 1 aliphatic rings. The van der Waals surface area contributed by atoms with Crippen molar-refractivity contribution in [3.8, 4) is 28.8 Å². The molecule has 1 N–H and O–H groups in total. The lowest BCUT2D eigenvalue weighted by atomic mass is 10.1. The number of rotatable bonds is 4. The van der Waals surface area contributed by atoms with Gasteiger partial charge in [0.1, 0.15) is 6.54 Å². The highest BCUT2D eigenvalue weighted by molar-refractivity contribution is 5.90. The van der Waals surface area contributed by atoms with E-state index in [1.807, 2.05) is 24.3 Å². The SMILES string of the molecule is N#Cc1ccc(NC(=O)Cn2nc(-c3ccc4c(c3)OCCCO4)ccc2=O)cc1. The lowest BCUT2D eigenvalue weighted by Gasteiger charge is -2.11. The normalized spacial score (nSPS) is 12.5. The number of aromatic nitrogens is 2. The van der Waals surface area contributed by atoms with Crippen molar-refractivity contribution in [2.45, 2.75) is 13.0 Å². The molecule has 0 radical (unpaired) electrons. The molecule has 0 fully saturated rings. The van der Waals surface area contributed by atoms with Crippen molar-refractivity contribution in [1.82, 2.24) is 9.78 Å². The number of nitrogens with zero attached hydrogens (tertiary/aromatic N) is 3. The Labute approximate surface area is 172 Å². The van der Waals surface area contributed by atoms with E-state index < -0.39 is 5.91 Å². The number of hydrogen-bond donors (Lipinski definition) is 1. The van der Waals surface area contributed by atoms with Crippen LogP contribution in [0, 0.1) is 11.3 Å². The first-order valence-corrected chi connectivity index (χ1v) is 9.40. The first-order valence-electron chi connectivity index (χ1n) is 9.40. The van der Waals surface area contributed by atoms with Gasteiger partial charge in [-0.2, -0.15) is 10.4 Å². The molecule has 0 aliphatic carbocycles. The molecule has 2 heterocycles. The molecule has 0 saturated carbocycles. The molecule has 0 bridgehead atoms. The van der Waals surface area contributed by atoms with Crippen LogP contribution in [-0.2, 0) is 11.3 Å². The molecule has 0 unspecified atom stereocenters. The lowest BCUT2D eigenvalue weighted by molar-refractivity contribution is -0.117. The quantitative estimate of drug-likeness (QED) is 0.719. The van der Waals surface area contributed by atoms with Crippen molar-refractivity contribution in [3.05, 3.63) is 70.5 Å². The van der Waals surface area contributed by atoms with Gasteiger partial charge in [0.2, 0.25) is 5.91 Å². The summed E-state index contributed by atoms with van der Waals surface area (Å²) >= 11 is 0. The Morgan fingerprint density at radius 3 is 2.60 bits per heavy atom. The topological polar surface area (TPSA) is 106 Å². The summed E-state index contributed by atoms with van der Waals surface area (Å²) in [5.41, 5.74) is 1.93. The summed E-state index contributed by atoms with van der Waals surface area (Å²) in [5.74, 6) is 0.902. The molecule has 0 saturated heterocycles. The largest absolute Gasteiger partial charge is 0.490 e. The summed E-state index contributed by atoms with van der Waals surface area (Å²) in [4.78, 5) is 24.5. The summed E-state index contributed by atoms with van der Waals surface area (Å²) in [6.07, 6.45) is 0.807. The number of nitriles is 1. The van der Waals surface area contributed by atoms with Gasteiger partial charge in [0.25, 0.3) is 5.56 Å². The van der Waals surface area contributed by atoms with Gasteiger partial charge >= 0.3 is 0 Å². The van der Waals surface area contributed by atoms with Crippen LogP contribution in [0.3, 0.4) is 0 Å². The number of benzene rings is 2. The molecule has 0 atom stereocenters. The predicted octanol–water partition coefficient (Wildman–Crippen LogP) is 2.58. The highest BCUT2D eigenvalue weighted by atomic mass is 16.5. The zero-order valence-corrected chi connectivity index (χ0v) is 16.0. The fourth-order valence-corrected chi connectivity index (χ4v) is 3.00. The molecule has 1 amide bonds. The first kappa shape index (κ1) is 19.2. The third-order valence-corrected chi connectivity index (χ3v) is 4.50. The highest BCUT2D eigenvalue weighted by Crippen LogP contribution is 2.33. The molecule has 30 heavy (non-hydrogen) atoms. The van der Waals surface area contributed by atoms with Crippen molar-refractivity contribution < 1.29 is 14.3 Å². The number of nitrogens with one attached hydrogen (secondary N) is 1. The van der Waals surface area contributed by atoms with Crippen LogP contribution >= 0.6 is 0 Å². The number of carbonyl (C=O) groups is 1. The monoisotopic (exact) mass is 402 g/mol. The van der Waals surface area contributed by atoms with Gasteiger partial charge in [-0.05, 0) is 48.5 Å². The van der Waals surface area contributed by atoms with Gasteiger partial charge in [-0.15, -0.1) is 0 Å². The second-order valence-electron chi connectivity index (χ2n) is 6.66. The molecule has 1 aromatic heterocycles. The van der Waals surface area contributed by atoms with Gasteiger partial charge in [-0.1, -0.05) is 0 Å². The number of hydrogen-bond acceptors (Lipinski definition) is 6. The Hall–Kier alpha value is -4.12. The molecule has 4 rings (SSSR count). The predicted molar refractivity (Wildman–Crippen MR) is 109 cm³/mol. The fraction of sp³-hybridized carbons (Fsp3) is 0.182. The number of fused-ring (bicyclic) bond motifs is 1. The van der Waals surface area contributed by atoms with E-state index in [1.165, 1.54) is 6.07 Å². The summed E-state index contributed by atoms with van der Waals surface area (Å²) in [5, 5.41) is 15.9. The second-order valence-corrected chi connectivity index (χ2v) is 6.66.